The number of sulfonamides is 1. The Labute approximate surface area is 148 Å². The average Bonchev–Trinajstić information content (AvgIpc) is 2.84. The number of aryl methyl sites for hydroxylation is 4. The molecule has 2 rings (SSSR count). The fraction of sp³-hybridized carbons (Fsp3) is 0.412. The smallest absolute Gasteiger partial charge is 0.246 e. The van der Waals surface area contributed by atoms with Crippen LogP contribution < -0.4 is 9.62 Å². The van der Waals surface area contributed by atoms with E-state index in [0.29, 0.717) is 5.69 Å². The summed E-state index contributed by atoms with van der Waals surface area (Å²) in [7, 11) is -3.74. The van der Waals surface area contributed by atoms with Gasteiger partial charge < -0.3 is 9.42 Å². The van der Waals surface area contributed by atoms with Gasteiger partial charge in [-0.1, -0.05) is 22.9 Å². The highest BCUT2D eigenvalue weighted by molar-refractivity contribution is 7.89. The number of benzene rings is 1. The van der Waals surface area contributed by atoms with Gasteiger partial charge in [0.25, 0.3) is 0 Å². The maximum absolute atomic E-state index is 12.4. The van der Waals surface area contributed by atoms with Crippen LogP contribution >= 0.6 is 0 Å². The predicted molar refractivity (Wildman–Crippen MR) is 95.1 cm³/mol. The van der Waals surface area contributed by atoms with Crippen molar-refractivity contribution >= 4 is 21.6 Å². The third-order valence-corrected chi connectivity index (χ3v) is 5.59. The van der Waals surface area contributed by atoms with Gasteiger partial charge in [0.15, 0.2) is 5.76 Å². The molecule has 0 aliphatic rings. The molecule has 7 nitrogen and oxygen atoms in total. The second kappa shape index (κ2) is 7.37. The van der Waals surface area contributed by atoms with Crippen molar-refractivity contribution < 1.29 is 17.7 Å². The van der Waals surface area contributed by atoms with Gasteiger partial charge >= 0.3 is 0 Å². The second-order valence-corrected chi connectivity index (χ2v) is 7.72. The van der Waals surface area contributed by atoms with Crippen LogP contribution in [0, 0.1) is 27.7 Å². The molecule has 0 bridgehead atoms. The second-order valence-electron chi connectivity index (χ2n) is 6.01. The Morgan fingerprint density at radius 3 is 2.44 bits per heavy atom. The first kappa shape index (κ1) is 19.1. The van der Waals surface area contributed by atoms with Crippen LogP contribution in [-0.4, -0.2) is 32.6 Å². The van der Waals surface area contributed by atoms with Gasteiger partial charge in [0.05, 0.1) is 0 Å². The summed E-state index contributed by atoms with van der Waals surface area (Å²) < 4.78 is 32.3. The van der Waals surface area contributed by atoms with Crippen LogP contribution in [0.1, 0.15) is 29.5 Å². The zero-order valence-corrected chi connectivity index (χ0v) is 15.9. The first-order valence-electron chi connectivity index (χ1n) is 7.91. The van der Waals surface area contributed by atoms with Crippen LogP contribution in [0.15, 0.2) is 27.6 Å². The third-order valence-electron chi connectivity index (χ3n) is 3.89. The van der Waals surface area contributed by atoms with Crippen molar-refractivity contribution in [3.05, 3.63) is 40.8 Å². The summed E-state index contributed by atoms with van der Waals surface area (Å²) in [6.07, 6.45) is 0. The lowest BCUT2D eigenvalue weighted by Gasteiger charge is -2.23. The Morgan fingerprint density at radius 2 is 1.92 bits per heavy atom. The number of carbonyl (C=O) groups excluding carboxylic acids is 1. The van der Waals surface area contributed by atoms with E-state index >= 15 is 0 Å². The molecule has 0 spiro atoms. The summed E-state index contributed by atoms with van der Waals surface area (Å²) in [5.41, 5.74) is 3.14. The molecule has 0 saturated carbocycles. The van der Waals surface area contributed by atoms with E-state index in [2.05, 4.69) is 9.88 Å². The standard InChI is InChI=1S/C17H23N3O4S/c1-11-6-7-16(12(2)10-11)20(15(5)21)9-8-18-25(22,23)17-13(3)19-24-14(17)4/h6-7,10,18H,8-9H2,1-5H3. The summed E-state index contributed by atoms with van der Waals surface area (Å²) in [6, 6.07) is 5.78. The zero-order chi connectivity index (χ0) is 18.8. The molecule has 0 aliphatic carbocycles. The highest BCUT2D eigenvalue weighted by Crippen LogP contribution is 2.22. The van der Waals surface area contributed by atoms with E-state index in [0.717, 1.165) is 16.8 Å². The lowest BCUT2D eigenvalue weighted by molar-refractivity contribution is -0.116. The molecule has 1 aromatic heterocycles. The van der Waals surface area contributed by atoms with E-state index in [1.54, 1.807) is 18.7 Å². The van der Waals surface area contributed by atoms with Crippen molar-refractivity contribution in [3.8, 4) is 0 Å². The number of nitrogens with one attached hydrogen (secondary N) is 1. The number of hydrogen-bond donors (Lipinski definition) is 1. The quantitative estimate of drug-likeness (QED) is 0.847. The number of rotatable bonds is 6. The van der Waals surface area contributed by atoms with Crippen LogP contribution in [0.25, 0.3) is 0 Å². The molecule has 0 saturated heterocycles. The third kappa shape index (κ3) is 4.26. The lowest BCUT2D eigenvalue weighted by atomic mass is 10.1. The fourth-order valence-corrected chi connectivity index (χ4v) is 4.12. The first-order valence-corrected chi connectivity index (χ1v) is 9.39. The predicted octanol–water partition coefficient (Wildman–Crippen LogP) is 2.24. The minimum absolute atomic E-state index is 0.0494. The van der Waals surface area contributed by atoms with Gasteiger partial charge in [0.2, 0.25) is 15.9 Å². The van der Waals surface area contributed by atoms with Gasteiger partial charge in [0, 0.05) is 25.7 Å². The number of aromatic nitrogens is 1. The van der Waals surface area contributed by atoms with E-state index < -0.39 is 10.0 Å². The molecule has 2 aromatic rings. The highest BCUT2D eigenvalue weighted by Gasteiger charge is 2.24. The zero-order valence-electron chi connectivity index (χ0n) is 15.1. The van der Waals surface area contributed by atoms with Crippen molar-refractivity contribution in [1.82, 2.24) is 9.88 Å². The molecule has 0 aliphatic heterocycles. The Kier molecular flexibility index (Phi) is 5.64. The molecule has 1 heterocycles. The summed E-state index contributed by atoms with van der Waals surface area (Å²) in [6.45, 7) is 8.79. The molecule has 136 valence electrons. The van der Waals surface area contributed by atoms with Gasteiger partial charge in [-0.15, -0.1) is 0 Å². The van der Waals surface area contributed by atoms with Crippen LogP contribution in [0.3, 0.4) is 0 Å². The minimum Gasteiger partial charge on any atom is -0.360 e. The summed E-state index contributed by atoms with van der Waals surface area (Å²) >= 11 is 0. The van der Waals surface area contributed by atoms with Gasteiger partial charge in [-0.25, -0.2) is 13.1 Å². The first-order chi connectivity index (χ1) is 11.6. The largest absolute Gasteiger partial charge is 0.360 e. The summed E-state index contributed by atoms with van der Waals surface area (Å²) in [5.74, 6) is 0.0892. The van der Waals surface area contributed by atoms with Crippen molar-refractivity contribution in [1.29, 1.82) is 0 Å². The normalized spacial score (nSPS) is 11.6. The van der Waals surface area contributed by atoms with Crippen LogP contribution in [0.4, 0.5) is 5.69 Å². The molecule has 0 fully saturated rings. The molecule has 1 N–H and O–H groups in total. The van der Waals surface area contributed by atoms with Crippen LogP contribution in [-0.2, 0) is 14.8 Å². The van der Waals surface area contributed by atoms with E-state index in [1.165, 1.54) is 6.92 Å². The Bertz CT molecular complexity index is 868. The monoisotopic (exact) mass is 365 g/mol. The Hall–Kier alpha value is -2.19. The number of hydrogen-bond acceptors (Lipinski definition) is 5. The molecule has 0 unspecified atom stereocenters. The van der Waals surface area contributed by atoms with Gasteiger partial charge in [0.1, 0.15) is 10.6 Å². The van der Waals surface area contributed by atoms with Crippen LogP contribution in [0.5, 0.6) is 0 Å². The average molecular weight is 365 g/mol. The molecule has 1 aromatic carbocycles. The number of anilines is 1. The molecule has 0 atom stereocenters. The van der Waals surface area contributed by atoms with Gasteiger partial charge in [-0.3, -0.25) is 4.79 Å². The van der Waals surface area contributed by atoms with Crippen LogP contribution in [0.2, 0.25) is 0 Å². The van der Waals surface area contributed by atoms with Crippen molar-refractivity contribution in [2.75, 3.05) is 18.0 Å². The number of nitrogens with zero attached hydrogens (tertiary/aromatic N) is 2. The molecular formula is C17H23N3O4S. The Balaban J connectivity index is 2.14. The molecule has 1 amide bonds. The van der Waals surface area contributed by atoms with E-state index in [4.69, 9.17) is 4.52 Å². The van der Waals surface area contributed by atoms with Crippen molar-refractivity contribution in [3.63, 3.8) is 0 Å². The summed E-state index contributed by atoms with van der Waals surface area (Å²) in [4.78, 5) is 13.6. The number of amides is 1. The molecule has 25 heavy (non-hydrogen) atoms. The molecular weight excluding hydrogens is 342 g/mol. The highest BCUT2D eigenvalue weighted by atomic mass is 32.2. The molecule has 8 heteroatoms. The SMILES string of the molecule is CC(=O)N(CCNS(=O)(=O)c1c(C)noc1C)c1ccc(C)cc1C. The molecule has 0 radical (unpaired) electrons. The minimum atomic E-state index is -3.74. The van der Waals surface area contributed by atoms with Crippen molar-refractivity contribution in [2.45, 2.75) is 39.5 Å². The van der Waals surface area contributed by atoms with Crippen molar-refractivity contribution in [2.24, 2.45) is 0 Å². The van der Waals surface area contributed by atoms with E-state index in [-0.39, 0.29) is 29.7 Å². The number of carbonyl (C=O) groups is 1. The fourth-order valence-electron chi connectivity index (χ4n) is 2.78. The maximum Gasteiger partial charge on any atom is 0.246 e. The Morgan fingerprint density at radius 1 is 1.24 bits per heavy atom. The van der Waals surface area contributed by atoms with E-state index in [9.17, 15) is 13.2 Å². The van der Waals surface area contributed by atoms with E-state index in [1.807, 2.05) is 32.0 Å². The van der Waals surface area contributed by atoms with Gasteiger partial charge in [-0.05, 0) is 39.3 Å². The van der Waals surface area contributed by atoms with Gasteiger partial charge in [-0.2, -0.15) is 0 Å². The maximum atomic E-state index is 12.4. The lowest BCUT2D eigenvalue weighted by Crippen LogP contribution is -2.38. The topological polar surface area (TPSA) is 92.5 Å². The summed E-state index contributed by atoms with van der Waals surface area (Å²) in [5, 5.41) is 3.66.